The second kappa shape index (κ2) is 7.31. The number of nitrogens with zero attached hydrogens (tertiary/aromatic N) is 2. The van der Waals surface area contributed by atoms with Crippen molar-refractivity contribution >= 4 is 33.4 Å². The average molecular weight is 430 g/mol. The summed E-state index contributed by atoms with van der Waals surface area (Å²) in [6.07, 6.45) is 1.60. The van der Waals surface area contributed by atoms with Crippen molar-refractivity contribution in [3.05, 3.63) is 17.0 Å². The molecule has 0 bridgehead atoms. The standard InChI is InChI=1S/C18H27N3O5S2/c1-17(2,3)26-16(23)20-8-6-18(7-9-20)11-21(12-18)14(22)10-13-4-5-15(27-13)28(19,24)25/h4-5H,6-12H2,1-3H3,(H2,19,24,25). The van der Waals surface area contributed by atoms with Gasteiger partial charge in [0.05, 0.1) is 6.42 Å². The minimum atomic E-state index is -3.72. The van der Waals surface area contributed by atoms with Crippen LogP contribution in [-0.4, -0.2) is 62.0 Å². The predicted octanol–water partition coefficient (Wildman–Crippen LogP) is 1.80. The van der Waals surface area contributed by atoms with E-state index in [-0.39, 0.29) is 28.0 Å². The molecule has 0 aromatic carbocycles. The molecule has 1 spiro atoms. The molecular formula is C18H27N3O5S2. The largest absolute Gasteiger partial charge is 0.444 e. The van der Waals surface area contributed by atoms with E-state index in [4.69, 9.17) is 9.88 Å². The average Bonchev–Trinajstić information content (AvgIpc) is 2.99. The molecule has 8 nitrogen and oxygen atoms in total. The number of primary sulfonamides is 1. The minimum Gasteiger partial charge on any atom is -0.444 e. The van der Waals surface area contributed by atoms with Crippen molar-refractivity contribution in [3.8, 4) is 0 Å². The van der Waals surface area contributed by atoms with Gasteiger partial charge in [0.15, 0.2) is 0 Å². The molecule has 0 aliphatic carbocycles. The van der Waals surface area contributed by atoms with Gasteiger partial charge < -0.3 is 14.5 Å². The lowest BCUT2D eigenvalue weighted by molar-refractivity contribution is -0.145. The number of piperidine rings is 1. The van der Waals surface area contributed by atoms with Crippen molar-refractivity contribution in [1.29, 1.82) is 0 Å². The number of sulfonamides is 1. The summed E-state index contributed by atoms with van der Waals surface area (Å²) in [4.78, 5) is 28.9. The van der Waals surface area contributed by atoms with E-state index in [0.29, 0.717) is 31.1 Å². The maximum absolute atomic E-state index is 12.5. The fourth-order valence-electron chi connectivity index (χ4n) is 3.61. The zero-order valence-corrected chi connectivity index (χ0v) is 18.1. The number of ether oxygens (including phenoxy) is 1. The van der Waals surface area contributed by atoms with Gasteiger partial charge in [-0.25, -0.2) is 18.4 Å². The van der Waals surface area contributed by atoms with E-state index in [1.165, 1.54) is 6.07 Å². The molecule has 28 heavy (non-hydrogen) atoms. The normalized spacial score (nSPS) is 19.4. The lowest BCUT2D eigenvalue weighted by atomic mass is 9.72. The lowest BCUT2D eigenvalue weighted by Gasteiger charge is -2.53. The van der Waals surface area contributed by atoms with Gasteiger partial charge in [-0.15, -0.1) is 11.3 Å². The summed E-state index contributed by atoms with van der Waals surface area (Å²) in [6.45, 7) is 8.20. The molecule has 2 aliphatic heterocycles. The molecule has 3 rings (SSSR count). The maximum atomic E-state index is 12.5. The third-order valence-corrected chi connectivity index (χ3v) is 7.65. The van der Waals surface area contributed by atoms with Gasteiger partial charge in [0.25, 0.3) is 0 Å². The number of carbonyl (C=O) groups excluding carboxylic acids is 2. The maximum Gasteiger partial charge on any atom is 0.410 e. The first kappa shape index (κ1) is 21.1. The number of hydrogen-bond acceptors (Lipinski definition) is 6. The van der Waals surface area contributed by atoms with Gasteiger partial charge >= 0.3 is 6.09 Å². The first-order valence-corrected chi connectivity index (χ1v) is 11.6. The molecule has 2 amide bonds. The zero-order chi connectivity index (χ0) is 20.7. The van der Waals surface area contributed by atoms with Crippen molar-refractivity contribution in [2.45, 2.75) is 49.8 Å². The van der Waals surface area contributed by atoms with Crippen molar-refractivity contribution in [2.24, 2.45) is 10.6 Å². The highest BCUT2D eigenvalue weighted by Crippen LogP contribution is 2.41. The molecule has 2 fully saturated rings. The van der Waals surface area contributed by atoms with Crippen LogP contribution in [-0.2, 0) is 26.0 Å². The van der Waals surface area contributed by atoms with E-state index in [2.05, 4.69) is 0 Å². The van der Waals surface area contributed by atoms with E-state index < -0.39 is 15.6 Å². The molecule has 156 valence electrons. The Hall–Kier alpha value is -1.65. The minimum absolute atomic E-state index is 0.0111. The number of hydrogen-bond donors (Lipinski definition) is 1. The highest BCUT2D eigenvalue weighted by Gasteiger charge is 2.47. The fourth-order valence-corrected chi connectivity index (χ4v) is 5.38. The zero-order valence-electron chi connectivity index (χ0n) is 16.4. The van der Waals surface area contributed by atoms with Crippen LogP contribution >= 0.6 is 11.3 Å². The Balaban J connectivity index is 1.47. The van der Waals surface area contributed by atoms with Gasteiger partial charge in [0, 0.05) is 36.5 Å². The Morgan fingerprint density at radius 1 is 1.18 bits per heavy atom. The summed E-state index contributed by atoms with van der Waals surface area (Å²) in [5.41, 5.74) is -0.424. The molecule has 3 heterocycles. The second-order valence-corrected chi connectivity index (χ2v) is 11.6. The quantitative estimate of drug-likeness (QED) is 0.788. The Bertz CT molecular complexity index is 856. The first-order valence-electron chi connectivity index (χ1n) is 9.24. The third-order valence-electron chi connectivity index (χ3n) is 5.12. The highest BCUT2D eigenvalue weighted by molar-refractivity contribution is 7.91. The van der Waals surface area contributed by atoms with Crippen LogP contribution in [0.5, 0.6) is 0 Å². The van der Waals surface area contributed by atoms with Gasteiger partial charge in [-0.1, -0.05) is 0 Å². The fraction of sp³-hybridized carbons (Fsp3) is 0.667. The second-order valence-electron chi connectivity index (χ2n) is 8.66. The number of thiophene rings is 1. The third kappa shape index (κ3) is 4.84. The summed E-state index contributed by atoms with van der Waals surface area (Å²) < 4.78 is 28.2. The van der Waals surface area contributed by atoms with Crippen LogP contribution in [0.2, 0.25) is 0 Å². The van der Waals surface area contributed by atoms with Gasteiger partial charge in [-0.2, -0.15) is 0 Å². The van der Waals surface area contributed by atoms with Crippen LogP contribution in [0.1, 0.15) is 38.5 Å². The van der Waals surface area contributed by atoms with Gasteiger partial charge in [0.2, 0.25) is 15.9 Å². The molecule has 2 N–H and O–H groups in total. The summed E-state index contributed by atoms with van der Waals surface area (Å²) >= 11 is 1.04. The van der Waals surface area contributed by atoms with Crippen molar-refractivity contribution in [2.75, 3.05) is 26.2 Å². The van der Waals surface area contributed by atoms with Crippen molar-refractivity contribution < 1.29 is 22.7 Å². The Morgan fingerprint density at radius 3 is 2.29 bits per heavy atom. The molecule has 0 radical (unpaired) electrons. The van der Waals surface area contributed by atoms with E-state index in [1.54, 1.807) is 15.9 Å². The van der Waals surface area contributed by atoms with Gasteiger partial charge in [0.1, 0.15) is 9.81 Å². The van der Waals surface area contributed by atoms with Gasteiger partial charge in [-0.05, 0) is 45.7 Å². The SMILES string of the molecule is CC(C)(C)OC(=O)N1CCC2(CC1)CN(C(=O)Cc1ccc(S(N)(=O)=O)s1)C2. The molecule has 2 aliphatic rings. The Kier molecular flexibility index (Phi) is 5.50. The molecule has 2 saturated heterocycles. The van der Waals surface area contributed by atoms with Crippen molar-refractivity contribution in [1.82, 2.24) is 9.80 Å². The van der Waals surface area contributed by atoms with Gasteiger partial charge in [-0.3, -0.25) is 4.79 Å². The summed E-state index contributed by atoms with van der Waals surface area (Å²) in [7, 11) is -3.72. The van der Waals surface area contributed by atoms with Crippen LogP contribution < -0.4 is 5.14 Å². The van der Waals surface area contributed by atoms with E-state index in [1.807, 2.05) is 20.8 Å². The molecule has 1 aromatic heterocycles. The van der Waals surface area contributed by atoms with Crippen LogP contribution in [0.25, 0.3) is 0 Å². The summed E-state index contributed by atoms with van der Waals surface area (Å²) in [5, 5.41) is 5.11. The van der Waals surface area contributed by atoms with E-state index >= 15 is 0 Å². The molecule has 0 saturated carbocycles. The van der Waals surface area contributed by atoms with Crippen LogP contribution in [0.3, 0.4) is 0 Å². The van der Waals surface area contributed by atoms with Crippen LogP contribution in [0.4, 0.5) is 4.79 Å². The Morgan fingerprint density at radius 2 is 1.79 bits per heavy atom. The highest BCUT2D eigenvalue weighted by atomic mass is 32.2. The lowest BCUT2D eigenvalue weighted by Crippen LogP contribution is -2.62. The number of amides is 2. The topological polar surface area (TPSA) is 110 Å². The van der Waals surface area contributed by atoms with Crippen LogP contribution in [0, 0.1) is 5.41 Å². The Labute approximate surface area is 169 Å². The molecule has 0 atom stereocenters. The smallest absolute Gasteiger partial charge is 0.410 e. The summed E-state index contributed by atoms with van der Waals surface area (Å²) in [5.74, 6) is -0.0111. The number of nitrogens with two attached hydrogens (primary N) is 1. The monoisotopic (exact) mass is 429 g/mol. The first-order chi connectivity index (χ1) is 12.9. The van der Waals surface area contributed by atoms with Crippen molar-refractivity contribution in [3.63, 3.8) is 0 Å². The number of rotatable bonds is 3. The molecule has 1 aromatic rings. The predicted molar refractivity (Wildman–Crippen MR) is 105 cm³/mol. The molecule has 10 heteroatoms. The summed E-state index contributed by atoms with van der Waals surface area (Å²) in [6, 6.07) is 3.07. The van der Waals surface area contributed by atoms with E-state index in [0.717, 1.165) is 24.2 Å². The molecule has 0 unspecified atom stereocenters. The van der Waals surface area contributed by atoms with E-state index in [9.17, 15) is 18.0 Å². The number of likely N-dealkylation sites (tertiary alicyclic amines) is 2. The number of carbonyl (C=O) groups is 2. The molecular weight excluding hydrogens is 402 g/mol. The van der Waals surface area contributed by atoms with Crippen LogP contribution in [0.15, 0.2) is 16.3 Å².